The van der Waals surface area contributed by atoms with Crippen molar-refractivity contribution >= 4 is 17.5 Å². The third-order valence-corrected chi connectivity index (χ3v) is 3.93. The number of para-hydroxylation sites is 1. The molecule has 0 aliphatic carbocycles. The van der Waals surface area contributed by atoms with Crippen LogP contribution in [0.1, 0.15) is 44.6 Å². The standard InChI is InChI=1S/C17H24N2O2/c1-2-3-6-11-18-16(20)10-9-14-12-13-7-4-5-8-15(13)19-17(14)21/h4-5,7-8,14H,2-3,6,9-12H2,1H3,(H,18,20)(H,19,21)/t14-/m0/s1. The van der Waals surface area contributed by atoms with Gasteiger partial charge in [-0.05, 0) is 30.9 Å². The lowest BCUT2D eigenvalue weighted by atomic mass is 9.89. The van der Waals surface area contributed by atoms with Crippen molar-refractivity contribution in [2.45, 2.75) is 45.4 Å². The minimum atomic E-state index is -0.0960. The molecule has 4 heteroatoms. The maximum Gasteiger partial charge on any atom is 0.227 e. The number of hydrogen-bond acceptors (Lipinski definition) is 2. The van der Waals surface area contributed by atoms with Crippen LogP contribution in [0, 0.1) is 5.92 Å². The topological polar surface area (TPSA) is 58.2 Å². The van der Waals surface area contributed by atoms with Crippen molar-refractivity contribution in [3.8, 4) is 0 Å². The van der Waals surface area contributed by atoms with Crippen molar-refractivity contribution in [2.75, 3.05) is 11.9 Å². The van der Waals surface area contributed by atoms with Gasteiger partial charge < -0.3 is 10.6 Å². The Morgan fingerprint density at radius 2 is 2.14 bits per heavy atom. The molecule has 0 bridgehead atoms. The fourth-order valence-electron chi connectivity index (χ4n) is 2.64. The molecule has 0 spiro atoms. The molecule has 2 amide bonds. The molecule has 0 saturated carbocycles. The van der Waals surface area contributed by atoms with E-state index in [0.717, 1.165) is 43.5 Å². The van der Waals surface area contributed by atoms with Crippen LogP contribution in [0.4, 0.5) is 5.69 Å². The van der Waals surface area contributed by atoms with E-state index in [4.69, 9.17) is 0 Å². The molecule has 0 unspecified atom stereocenters. The average Bonchev–Trinajstić information content (AvgIpc) is 2.49. The number of carbonyl (C=O) groups is 2. The molecule has 21 heavy (non-hydrogen) atoms. The summed E-state index contributed by atoms with van der Waals surface area (Å²) in [6, 6.07) is 7.85. The number of fused-ring (bicyclic) bond motifs is 1. The summed E-state index contributed by atoms with van der Waals surface area (Å²) < 4.78 is 0. The normalized spacial score (nSPS) is 17.0. The number of hydrogen-bond donors (Lipinski definition) is 2. The van der Waals surface area contributed by atoms with Crippen molar-refractivity contribution in [1.29, 1.82) is 0 Å². The Morgan fingerprint density at radius 3 is 2.95 bits per heavy atom. The van der Waals surface area contributed by atoms with Crippen LogP contribution in [0.2, 0.25) is 0 Å². The van der Waals surface area contributed by atoms with Crippen LogP contribution in [0.25, 0.3) is 0 Å². The molecule has 1 aliphatic rings. The number of amides is 2. The largest absolute Gasteiger partial charge is 0.356 e. The number of carbonyl (C=O) groups excluding carboxylic acids is 2. The predicted octanol–water partition coefficient (Wildman–Crippen LogP) is 2.88. The first kappa shape index (κ1) is 15.5. The molecule has 1 aromatic rings. The molecule has 1 atom stereocenters. The van der Waals surface area contributed by atoms with Crippen molar-refractivity contribution in [3.05, 3.63) is 29.8 Å². The average molecular weight is 288 g/mol. The molecule has 0 fully saturated rings. The summed E-state index contributed by atoms with van der Waals surface area (Å²) in [5.41, 5.74) is 2.06. The molecular weight excluding hydrogens is 264 g/mol. The second kappa shape index (κ2) is 7.81. The summed E-state index contributed by atoms with van der Waals surface area (Å²) in [5, 5.41) is 5.84. The quantitative estimate of drug-likeness (QED) is 0.758. The molecule has 0 saturated heterocycles. The molecule has 2 N–H and O–H groups in total. The Balaban J connectivity index is 1.76. The third kappa shape index (κ3) is 4.59. The predicted molar refractivity (Wildman–Crippen MR) is 84.0 cm³/mol. The number of unbranched alkanes of at least 4 members (excludes halogenated alkanes) is 2. The minimum Gasteiger partial charge on any atom is -0.356 e. The molecule has 2 rings (SSSR count). The maximum absolute atomic E-state index is 12.0. The monoisotopic (exact) mass is 288 g/mol. The highest BCUT2D eigenvalue weighted by atomic mass is 16.2. The number of rotatable bonds is 7. The number of anilines is 1. The van der Waals surface area contributed by atoms with Gasteiger partial charge in [0.1, 0.15) is 0 Å². The summed E-state index contributed by atoms with van der Waals surface area (Å²) in [7, 11) is 0. The second-order valence-electron chi connectivity index (χ2n) is 5.64. The Hall–Kier alpha value is -1.84. The number of benzene rings is 1. The first-order valence-electron chi connectivity index (χ1n) is 7.86. The van der Waals surface area contributed by atoms with Gasteiger partial charge >= 0.3 is 0 Å². The van der Waals surface area contributed by atoms with Crippen LogP contribution in [-0.4, -0.2) is 18.4 Å². The zero-order valence-electron chi connectivity index (χ0n) is 12.7. The SMILES string of the molecule is CCCCCNC(=O)CC[C@H]1Cc2ccccc2NC1=O. The summed E-state index contributed by atoms with van der Waals surface area (Å²) >= 11 is 0. The summed E-state index contributed by atoms with van der Waals surface area (Å²) in [5.74, 6) is -0.00784. The van der Waals surface area contributed by atoms with Gasteiger partial charge in [0.05, 0.1) is 0 Å². The van der Waals surface area contributed by atoms with E-state index in [2.05, 4.69) is 17.6 Å². The smallest absolute Gasteiger partial charge is 0.227 e. The maximum atomic E-state index is 12.0. The highest BCUT2D eigenvalue weighted by Crippen LogP contribution is 2.27. The molecule has 4 nitrogen and oxygen atoms in total. The van der Waals surface area contributed by atoms with E-state index in [0.29, 0.717) is 12.8 Å². The van der Waals surface area contributed by atoms with Crippen molar-refractivity contribution < 1.29 is 9.59 Å². The van der Waals surface area contributed by atoms with Crippen LogP contribution < -0.4 is 10.6 Å². The van der Waals surface area contributed by atoms with E-state index in [1.165, 1.54) is 0 Å². The van der Waals surface area contributed by atoms with Crippen LogP contribution in [0.3, 0.4) is 0 Å². The molecule has 0 radical (unpaired) electrons. The van der Waals surface area contributed by atoms with Crippen LogP contribution in [0.5, 0.6) is 0 Å². The fourth-order valence-corrected chi connectivity index (χ4v) is 2.64. The summed E-state index contributed by atoms with van der Waals surface area (Å²) in [6.07, 6.45) is 5.08. The molecular formula is C17H24N2O2. The van der Waals surface area contributed by atoms with Gasteiger partial charge in [-0.3, -0.25) is 9.59 Å². The first-order chi connectivity index (χ1) is 10.2. The molecule has 0 aromatic heterocycles. The van der Waals surface area contributed by atoms with Crippen LogP contribution in [-0.2, 0) is 16.0 Å². The highest BCUT2D eigenvalue weighted by Gasteiger charge is 2.25. The summed E-state index contributed by atoms with van der Waals surface area (Å²) in [6.45, 7) is 2.88. The highest BCUT2D eigenvalue weighted by molar-refractivity contribution is 5.96. The molecule has 1 aromatic carbocycles. The Kier molecular flexibility index (Phi) is 5.78. The zero-order chi connectivity index (χ0) is 15.1. The molecule has 1 aliphatic heterocycles. The summed E-state index contributed by atoms with van der Waals surface area (Å²) in [4.78, 5) is 23.8. The van der Waals surface area contributed by atoms with Crippen molar-refractivity contribution in [3.63, 3.8) is 0 Å². The van der Waals surface area contributed by atoms with Crippen LogP contribution in [0.15, 0.2) is 24.3 Å². The van der Waals surface area contributed by atoms with Gasteiger partial charge in [0.15, 0.2) is 0 Å². The van der Waals surface area contributed by atoms with Gasteiger partial charge in [-0.15, -0.1) is 0 Å². The van der Waals surface area contributed by atoms with E-state index >= 15 is 0 Å². The van der Waals surface area contributed by atoms with Gasteiger partial charge in [-0.25, -0.2) is 0 Å². The van der Waals surface area contributed by atoms with Gasteiger partial charge in [-0.1, -0.05) is 38.0 Å². The van der Waals surface area contributed by atoms with Gasteiger partial charge in [-0.2, -0.15) is 0 Å². The zero-order valence-corrected chi connectivity index (χ0v) is 12.7. The first-order valence-corrected chi connectivity index (χ1v) is 7.86. The molecule has 114 valence electrons. The Labute approximate surface area is 126 Å². The van der Waals surface area contributed by atoms with Crippen LogP contribution >= 0.6 is 0 Å². The van der Waals surface area contributed by atoms with E-state index in [1.807, 2.05) is 24.3 Å². The lowest BCUT2D eigenvalue weighted by Crippen LogP contribution is -2.32. The lowest BCUT2D eigenvalue weighted by molar-refractivity contribution is -0.122. The van der Waals surface area contributed by atoms with Crippen molar-refractivity contribution in [1.82, 2.24) is 5.32 Å². The Morgan fingerprint density at radius 1 is 1.33 bits per heavy atom. The van der Waals surface area contributed by atoms with Gasteiger partial charge in [0, 0.05) is 24.6 Å². The van der Waals surface area contributed by atoms with Crippen molar-refractivity contribution in [2.24, 2.45) is 5.92 Å². The molecule has 1 heterocycles. The van der Waals surface area contributed by atoms with E-state index in [1.54, 1.807) is 0 Å². The van der Waals surface area contributed by atoms with Gasteiger partial charge in [0.25, 0.3) is 0 Å². The van der Waals surface area contributed by atoms with E-state index < -0.39 is 0 Å². The number of nitrogens with one attached hydrogen (secondary N) is 2. The van der Waals surface area contributed by atoms with E-state index in [-0.39, 0.29) is 17.7 Å². The second-order valence-corrected chi connectivity index (χ2v) is 5.64. The fraction of sp³-hybridized carbons (Fsp3) is 0.529. The Bertz CT molecular complexity index is 499. The minimum absolute atomic E-state index is 0.0347. The third-order valence-electron chi connectivity index (χ3n) is 3.93. The van der Waals surface area contributed by atoms with Gasteiger partial charge in [0.2, 0.25) is 11.8 Å². The lowest BCUT2D eigenvalue weighted by Gasteiger charge is -2.24. The van der Waals surface area contributed by atoms with E-state index in [9.17, 15) is 9.59 Å².